The molecule has 1 saturated heterocycles. The van der Waals surface area contributed by atoms with Gasteiger partial charge in [-0.05, 0) is 38.1 Å². The summed E-state index contributed by atoms with van der Waals surface area (Å²) in [5, 5.41) is 15.4. The van der Waals surface area contributed by atoms with E-state index in [9.17, 15) is 28.1 Å². The van der Waals surface area contributed by atoms with E-state index in [0.29, 0.717) is 31.9 Å². The van der Waals surface area contributed by atoms with Crippen molar-refractivity contribution < 1.29 is 27.4 Å². The largest absolute Gasteiger partial charge is 0.416 e. The number of nitro groups is 1. The van der Waals surface area contributed by atoms with Crippen molar-refractivity contribution in [2.45, 2.75) is 26.1 Å². The Bertz CT molecular complexity index is 1250. The van der Waals surface area contributed by atoms with Crippen LogP contribution in [0.25, 0.3) is 11.4 Å². The molecule has 0 N–H and O–H groups in total. The molecule has 1 aliphatic heterocycles. The fraction of sp³-hybridized carbons (Fsp3) is 0.348. The minimum absolute atomic E-state index is 0.0674. The molecule has 3 aromatic rings. The fourth-order valence-electron chi connectivity index (χ4n) is 4.02. The minimum atomic E-state index is -4.48. The van der Waals surface area contributed by atoms with Crippen LogP contribution in [0.4, 0.5) is 24.5 Å². The number of carbonyl (C=O) groups is 1. The summed E-state index contributed by atoms with van der Waals surface area (Å²) < 4.78 is 44.4. The van der Waals surface area contributed by atoms with Gasteiger partial charge in [0.05, 0.1) is 16.5 Å². The third-order valence-corrected chi connectivity index (χ3v) is 6.03. The normalized spacial score (nSPS) is 15.7. The van der Waals surface area contributed by atoms with Crippen LogP contribution in [0.5, 0.6) is 0 Å². The number of ketones is 1. The third-order valence-electron chi connectivity index (χ3n) is 6.03. The molecule has 9 nitrogen and oxygen atoms in total. The highest BCUT2D eigenvalue weighted by Crippen LogP contribution is 2.33. The van der Waals surface area contributed by atoms with E-state index in [0.717, 1.165) is 12.1 Å². The number of nitrogens with zero attached hydrogens (tertiary/aromatic N) is 5. The number of hydrogen-bond donors (Lipinski definition) is 0. The summed E-state index contributed by atoms with van der Waals surface area (Å²) >= 11 is 0. The highest BCUT2D eigenvalue weighted by molar-refractivity contribution is 5.95. The lowest BCUT2D eigenvalue weighted by molar-refractivity contribution is -0.384. The molecule has 0 aliphatic carbocycles. The zero-order valence-electron chi connectivity index (χ0n) is 19.0. The van der Waals surface area contributed by atoms with E-state index >= 15 is 0 Å². The Hall–Kier alpha value is -3.80. The molecule has 0 radical (unpaired) electrons. The van der Waals surface area contributed by atoms with Crippen molar-refractivity contribution in [3.8, 4) is 11.4 Å². The molecular formula is C23H22F3N5O4. The number of Topliss-reactive ketones (excluding diaryl/α,β-unsaturated/α-hetero) is 1. The fourth-order valence-corrected chi connectivity index (χ4v) is 4.02. The van der Waals surface area contributed by atoms with Crippen LogP contribution in [0.1, 0.15) is 41.7 Å². The predicted octanol–water partition coefficient (Wildman–Crippen LogP) is 4.75. The van der Waals surface area contributed by atoms with E-state index in [-0.39, 0.29) is 40.4 Å². The number of halogens is 3. The van der Waals surface area contributed by atoms with Gasteiger partial charge in [0.15, 0.2) is 5.78 Å². The summed E-state index contributed by atoms with van der Waals surface area (Å²) in [5.41, 5.74) is 0.00328. The molecule has 12 heteroatoms. The molecule has 0 amide bonds. The zero-order valence-corrected chi connectivity index (χ0v) is 19.0. The summed E-state index contributed by atoms with van der Waals surface area (Å²) in [5.74, 6) is 0.0859. The van der Waals surface area contributed by atoms with Crippen LogP contribution >= 0.6 is 0 Å². The number of piperazine rings is 1. The number of carbonyl (C=O) groups excluding carboxylic acids is 1. The molecule has 1 atom stereocenters. The first-order chi connectivity index (χ1) is 16.5. The number of alkyl halides is 3. The van der Waals surface area contributed by atoms with Gasteiger partial charge in [-0.15, -0.1) is 0 Å². The molecule has 1 aliphatic rings. The van der Waals surface area contributed by atoms with E-state index in [1.54, 1.807) is 12.1 Å². The maximum Gasteiger partial charge on any atom is 0.416 e. The van der Waals surface area contributed by atoms with Crippen molar-refractivity contribution in [1.82, 2.24) is 15.0 Å². The average molecular weight is 489 g/mol. The lowest BCUT2D eigenvalue weighted by atomic mass is 10.1. The van der Waals surface area contributed by atoms with Gasteiger partial charge in [0.1, 0.15) is 5.69 Å². The Labute approximate surface area is 198 Å². The van der Waals surface area contributed by atoms with Crippen LogP contribution in [0.15, 0.2) is 47.0 Å². The standard InChI is InChI=1S/C23H22F3N5O4/c1-14(22-27-21(28-35-22)17-4-3-5-18(12-17)23(24,25)26)29-8-10-30(11-9-29)19-7-6-16(15(2)32)13-20(19)31(33)34/h3-7,12-14H,8-11H2,1-2H3. The van der Waals surface area contributed by atoms with Crippen LogP contribution < -0.4 is 4.90 Å². The predicted molar refractivity (Wildman–Crippen MR) is 120 cm³/mol. The Morgan fingerprint density at radius 3 is 2.49 bits per heavy atom. The van der Waals surface area contributed by atoms with Gasteiger partial charge in [0, 0.05) is 43.4 Å². The van der Waals surface area contributed by atoms with Gasteiger partial charge in [-0.3, -0.25) is 19.8 Å². The smallest absolute Gasteiger partial charge is 0.363 e. The molecule has 4 rings (SSSR count). The SMILES string of the molecule is CC(=O)c1ccc(N2CCN(C(C)c3nc(-c4cccc(C(F)(F)F)c4)no3)CC2)c([N+](=O)[O-])c1. The van der Waals surface area contributed by atoms with Crippen LogP contribution in [0, 0.1) is 10.1 Å². The molecule has 0 bridgehead atoms. The van der Waals surface area contributed by atoms with E-state index in [2.05, 4.69) is 15.0 Å². The van der Waals surface area contributed by atoms with E-state index in [1.165, 1.54) is 25.1 Å². The Morgan fingerprint density at radius 1 is 1.14 bits per heavy atom. The molecule has 2 aromatic carbocycles. The van der Waals surface area contributed by atoms with Crippen LogP contribution in [-0.2, 0) is 6.18 Å². The number of nitro benzene ring substituents is 1. The Balaban J connectivity index is 1.45. The van der Waals surface area contributed by atoms with Crippen molar-refractivity contribution in [1.29, 1.82) is 0 Å². The van der Waals surface area contributed by atoms with E-state index in [4.69, 9.17) is 4.52 Å². The monoisotopic (exact) mass is 489 g/mol. The van der Waals surface area contributed by atoms with Gasteiger partial charge in [0.2, 0.25) is 11.7 Å². The first kappa shape index (κ1) is 24.3. The summed E-state index contributed by atoms with van der Waals surface area (Å²) in [6.45, 7) is 5.25. The number of anilines is 1. The van der Waals surface area contributed by atoms with E-state index in [1.807, 2.05) is 11.8 Å². The van der Waals surface area contributed by atoms with E-state index < -0.39 is 16.7 Å². The Morgan fingerprint density at radius 2 is 1.86 bits per heavy atom. The zero-order chi connectivity index (χ0) is 25.3. The maximum absolute atomic E-state index is 13.0. The lowest BCUT2D eigenvalue weighted by Gasteiger charge is -2.37. The molecular weight excluding hydrogens is 467 g/mol. The molecule has 2 heterocycles. The number of rotatable bonds is 6. The van der Waals surface area contributed by atoms with Crippen molar-refractivity contribution in [2.24, 2.45) is 0 Å². The number of hydrogen-bond acceptors (Lipinski definition) is 8. The highest BCUT2D eigenvalue weighted by Gasteiger charge is 2.32. The molecule has 0 saturated carbocycles. The van der Waals surface area contributed by atoms with Crippen molar-refractivity contribution in [3.05, 3.63) is 69.6 Å². The van der Waals surface area contributed by atoms with Crippen LogP contribution in [0.3, 0.4) is 0 Å². The molecule has 0 spiro atoms. The van der Waals surface area contributed by atoms with Gasteiger partial charge in [-0.1, -0.05) is 17.3 Å². The molecule has 1 unspecified atom stereocenters. The van der Waals surface area contributed by atoms with Crippen molar-refractivity contribution >= 4 is 17.2 Å². The van der Waals surface area contributed by atoms with Gasteiger partial charge in [-0.2, -0.15) is 18.2 Å². The minimum Gasteiger partial charge on any atom is -0.363 e. The molecule has 1 fully saturated rings. The second-order valence-corrected chi connectivity index (χ2v) is 8.25. The topological polar surface area (TPSA) is 106 Å². The highest BCUT2D eigenvalue weighted by atomic mass is 19.4. The summed E-state index contributed by atoms with van der Waals surface area (Å²) in [7, 11) is 0. The second-order valence-electron chi connectivity index (χ2n) is 8.25. The first-order valence-electron chi connectivity index (χ1n) is 10.8. The van der Waals surface area contributed by atoms with Gasteiger partial charge < -0.3 is 9.42 Å². The lowest BCUT2D eigenvalue weighted by Crippen LogP contribution is -2.47. The Kier molecular flexibility index (Phi) is 6.57. The van der Waals surface area contributed by atoms with Gasteiger partial charge >= 0.3 is 6.18 Å². The maximum atomic E-state index is 13.0. The van der Waals surface area contributed by atoms with Gasteiger partial charge in [0.25, 0.3) is 5.69 Å². The summed E-state index contributed by atoms with van der Waals surface area (Å²) in [4.78, 5) is 30.9. The molecule has 1 aromatic heterocycles. The quantitative estimate of drug-likeness (QED) is 0.278. The van der Waals surface area contributed by atoms with Crippen molar-refractivity contribution in [3.63, 3.8) is 0 Å². The van der Waals surface area contributed by atoms with Crippen molar-refractivity contribution in [2.75, 3.05) is 31.1 Å². The van der Waals surface area contributed by atoms with Gasteiger partial charge in [-0.25, -0.2) is 0 Å². The van der Waals surface area contributed by atoms with Crippen LogP contribution in [-0.4, -0.2) is 51.9 Å². The first-order valence-corrected chi connectivity index (χ1v) is 10.8. The summed E-state index contributed by atoms with van der Waals surface area (Å²) in [6, 6.07) is 8.88. The van der Waals surface area contributed by atoms with Crippen LogP contribution in [0.2, 0.25) is 0 Å². The summed E-state index contributed by atoms with van der Waals surface area (Å²) in [6.07, 6.45) is -4.48. The molecule has 184 valence electrons. The third kappa shape index (κ3) is 5.16. The number of aromatic nitrogens is 2. The number of benzene rings is 2. The molecule has 35 heavy (non-hydrogen) atoms. The average Bonchev–Trinajstić information content (AvgIpc) is 3.33. The second kappa shape index (κ2) is 9.45.